The number of hydrogen-bond acceptors (Lipinski definition) is 3. The van der Waals surface area contributed by atoms with Crippen molar-refractivity contribution >= 4 is 0 Å². The van der Waals surface area contributed by atoms with Crippen molar-refractivity contribution in [1.29, 1.82) is 0 Å². The molecule has 1 rings (SSSR count). The number of alkyl halides is 11. The van der Waals surface area contributed by atoms with Crippen LogP contribution in [-0.4, -0.2) is 91.6 Å². The van der Waals surface area contributed by atoms with E-state index in [0.29, 0.717) is 11.4 Å². The molecule has 3 nitrogen and oxygen atoms in total. The van der Waals surface area contributed by atoms with E-state index < -0.39 is 48.6 Å². The number of hydrogen-bond donors (Lipinski definition) is 0. The van der Waals surface area contributed by atoms with E-state index in [1.807, 2.05) is 0 Å². The highest BCUT2D eigenvalue weighted by molar-refractivity contribution is 5.01. The Morgan fingerprint density at radius 3 is 1.77 bits per heavy atom. The van der Waals surface area contributed by atoms with Gasteiger partial charge in [-0.15, -0.1) is 0 Å². The zero-order chi connectivity index (χ0) is 23.7. The fourth-order valence-electron chi connectivity index (χ4n) is 3.04. The number of rotatable bonds is 7. The van der Waals surface area contributed by atoms with E-state index in [4.69, 9.17) is 0 Å². The molecule has 0 N–H and O–H groups in total. The Bertz CT molecular complexity index is 556. The second-order valence-electron chi connectivity index (χ2n) is 7.29. The number of nitrogens with zero attached hydrogens (tertiary/aromatic N) is 2. The van der Waals surface area contributed by atoms with E-state index in [1.54, 1.807) is 11.9 Å². The molecule has 0 amide bonds. The molecule has 0 aromatic carbocycles. The van der Waals surface area contributed by atoms with Crippen LogP contribution in [0, 0.1) is 0 Å². The van der Waals surface area contributed by atoms with Gasteiger partial charge >= 0.3 is 18.3 Å². The first-order chi connectivity index (χ1) is 13.4. The average molecular weight is 468 g/mol. The quantitative estimate of drug-likeness (QED) is 0.404. The lowest BCUT2D eigenvalue weighted by Crippen LogP contribution is -2.64. The van der Waals surface area contributed by atoms with Gasteiger partial charge in [0.25, 0.3) is 11.8 Å². The fourth-order valence-corrected chi connectivity index (χ4v) is 3.04. The van der Waals surface area contributed by atoms with Crippen LogP contribution in [0.25, 0.3) is 0 Å². The number of likely N-dealkylation sites (N-methyl/N-ethyl adjacent to an activating group) is 1. The SMILES string of the molecule is CC(OC(C)C(F)(C(F)N1CCCN(C)CC1)C(F)(F)F)C(F)(F)C(F)C(F)(F)F. The molecule has 1 heterocycles. The van der Waals surface area contributed by atoms with Crippen LogP contribution < -0.4 is 0 Å². The molecule has 0 aliphatic carbocycles. The van der Waals surface area contributed by atoms with E-state index in [-0.39, 0.29) is 39.9 Å². The van der Waals surface area contributed by atoms with Crippen molar-refractivity contribution in [2.75, 3.05) is 33.2 Å². The maximum Gasteiger partial charge on any atom is 0.429 e. The molecule has 180 valence electrons. The predicted molar refractivity (Wildman–Crippen MR) is 84.4 cm³/mol. The van der Waals surface area contributed by atoms with Gasteiger partial charge in [0.05, 0.1) is 0 Å². The standard InChI is InChI=1S/C16H23F11N2O/c1-9(30-10(2)14(20,21)11(17)15(22,23)24)13(19,16(25,26)27)12(18)29-6-4-5-28(3)7-8-29/h9-12H,4-8H2,1-3H3. The summed E-state index contributed by atoms with van der Waals surface area (Å²) in [6.45, 7) is 0.286. The number of halogens is 11. The second kappa shape index (κ2) is 9.31. The molecule has 0 aromatic rings. The Kier molecular flexibility index (Phi) is 8.42. The molecule has 1 fully saturated rings. The molecule has 0 radical (unpaired) electrons. The molecule has 1 aliphatic rings. The zero-order valence-electron chi connectivity index (χ0n) is 16.3. The van der Waals surface area contributed by atoms with Gasteiger partial charge in [0.15, 0.2) is 6.30 Å². The van der Waals surface area contributed by atoms with Gasteiger partial charge in [0.2, 0.25) is 0 Å². The van der Waals surface area contributed by atoms with E-state index in [9.17, 15) is 43.9 Å². The molecule has 0 bridgehead atoms. The lowest BCUT2D eigenvalue weighted by Gasteiger charge is -2.41. The second-order valence-corrected chi connectivity index (χ2v) is 7.29. The summed E-state index contributed by atoms with van der Waals surface area (Å²) in [5, 5.41) is 0. The van der Waals surface area contributed by atoms with Crippen molar-refractivity contribution in [2.45, 2.75) is 68.9 Å². The molecule has 1 saturated heterocycles. The van der Waals surface area contributed by atoms with Crippen LogP contribution in [0.1, 0.15) is 20.3 Å². The molecule has 0 aromatic heterocycles. The summed E-state index contributed by atoms with van der Waals surface area (Å²) in [4.78, 5) is 2.18. The van der Waals surface area contributed by atoms with Crippen molar-refractivity contribution < 1.29 is 53.0 Å². The molecule has 5 atom stereocenters. The number of ether oxygens (including phenoxy) is 1. The molecule has 0 spiro atoms. The normalized spacial score (nSPS) is 24.6. The molecule has 0 saturated carbocycles. The van der Waals surface area contributed by atoms with Crippen LogP contribution in [0.2, 0.25) is 0 Å². The van der Waals surface area contributed by atoms with E-state index in [1.165, 1.54) is 0 Å². The van der Waals surface area contributed by atoms with Gasteiger partial charge in [-0.2, -0.15) is 26.3 Å². The van der Waals surface area contributed by atoms with Crippen molar-refractivity contribution in [3.05, 3.63) is 0 Å². The Balaban J connectivity index is 3.12. The smallest absolute Gasteiger partial charge is 0.365 e. The largest absolute Gasteiger partial charge is 0.429 e. The molecule has 5 unspecified atom stereocenters. The third-order valence-electron chi connectivity index (χ3n) is 5.02. The minimum atomic E-state index is -6.04. The monoisotopic (exact) mass is 468 g/mol. The van der Waals surface area contributed by atoms with Gasteiger partial charge in [-0.1, -0.05) is 0 Å². The van der Waals surface area contributed by atoms with Gasteiger partial charge in [0, 0.05) is 19.6 Å². The molecule has 1 aliphatic heterocycles. The highest BCUT2D eigenvalue weighted by Crippen LogP contribution is 2.45. The molecule has 30 heavy (non-hydrogen) atoms. The van der Waals surface area contributed by atoms with Crippen LogP contribution in [0.3, 0.4) is 0 Å². The summed E-state index contributed by atoms with van der Waals surface area (Å²) in [7, 11) is 1.60. The zero-order valence-corrected chi connectivity index (χ0v) is 16.3. The third-order valence-corrected chi connectivity index (χ3v) is 5.02. The van der Waals surface area contributed by atoms with Crippen LogP contribution in [0.5, 0.6) is 0 Å². The summed E-state index contributed by atoms with van der Waals surface area (Å²) in [6, 6.07) is 0. The van der Waals surface area contributed by atoms with Crippen LogP contribution >= 0.6 is 0 Å². The molecular weight excluding hydrogens is 445 g/mol. The summed E-state index contributed by atoms with van der Waals surface area (Å²) < 4.78 is 152. The van der Waals surface area contributed by atoms with Crippen molar-refractivity contribution in [3.8, 4) is 0 Å². The lowest BCUT2D eigenvalue weighted by atomic mass is 9.95. The Hall–Kier alpha value is -0.890. The topological polar surface area (TPSA) is 15.7 Å². The van der Waals surface area contributed by atoms with Crippen molar-refractivity contribution in [2.24, 2.45) is 0 Å². The van der Waals surface area contributed by atoms with Gasteiger partial charge in [-0.05, 0) is 33.9 Å². The maximum atomic E-state index is 15.0. The first-order valence-corrected chi connectivity index (χ1v) is 8.93. The van der Waals surface area contributed by atoms with Gasteiger partial charge in [-0.3, -0.25) is 4.90 Å². The van der Waals surface area contributed by atoms with Gasteiger partial charge < -0.3 is 9.64 Å². The Morgan fingerprint density at radius 2 is 1.30 bits per heavy atom. The Morgan fingerprint density at radius 1 is 0.767 bits per heavy atom. The highest BCUT2D eigenvalue weighted by Gasteiger charge is 2.68. The first-order valence-electron chi connectivity index (χ1n) is 8.93. The molecule has 14 heteroatoms. The minimum Gasteiger partial charge on any atom is -0.365 e. The van der Waals surface area contributed by atoms with E-state index in [2.05, 4.69) is 4.74 Å². The lowest BCUT2D eigenvalue weighted by molar-refractivity contribution is -0.322. The van der Waals surface area contributed by atoms with Crippen LogP contribution in [0.15, 0.2) is 0 Å². The third kappa shape index (κ3) is 5.67. The maximum absolute atomic E-state index is 15.0. The van der Waals surface area contributed by atoms with Gasteiger partial charge in [0.1, 0.15) is 12.2 Å². The van der Waals surface area contributed by atoms with E-state index in [0.717, 1.165) is 0 Å². The van der Waals surface area contributed by atoms with Crippen molar-refractivity contribution in [3.63, 3.8) is 0 Å². The van der Waals surface area contributed by atoms with Crippen molar-refractivity contribution in [1.82, 2.24) is 9.80 Å². The average Bonchev–Trinajstić information content (AvgIpc) is 2.82. The van der Waals surface area contributed by atoms with Crippen LogP contribution in [-0.2, 0) is 4.74 Å². The summed E-state index contributed by atoms with van der Waals surface area (Å²) in [6.07, 6.45) is -26.1. The van der Waals surface area contributed by atoms with E-state index >= 15 is 4.39 Å². The summed E-state index contributed by atoms with van der Waals surface area (Å²) in [5.41, 5.74) is -4.86. The summed E-state index contributed by atoms with van der Waals surface area (Å²) >= 11 is 0. The fraction of sp³-hybridized carbons (Fsp3) is 1.00. The van der Waals surface area contributed by atoms with Gasteiger partial charge in [-0.25, -0.2) is 22.0 Å². The minimum absolute atomic E-state index is 0.0905. The predicted octanol–water partition coefficient (Wildman–Crippen LogP) is 4.52. The Labute approximate surface area is 166 Å². The highest BCUT2D eigenvalue weighted by atomic mass is 19.4. The molecular formula is C16H23F11N2O. The first kappa shape index (κ1) is 27.1. The van der Waals surface area contributed by atoms with Crippen LogP contribution in [0.4, 0.5) is 48.3 Å². The summed E-state index contributed by atoms with van der Waals surface area (Å²) in [5.74, 6) is -5.34.